The average Bonchev–Trinajstić information content (AvgIpc) is 3.17. The lowest BCUT2D eigenvalue weighted by atomic mass is 10.0. The molecule has 156 valence electrons. The van der Waals surface area contributed by atoms with Crippen molar-refractivity contribution in [1.82, 2.24) is 0 Å². The number of carbonyl (C=O) groups is 2. The molecule has 31 heavy (non-hydrogen) atoms. The van der Waals surface area contributed by atoms with Crippen molar-refractivity contribution in [2.75, 3.05) is 11.9 Å². The number of nitrogens with zero attached hydrogens (tertiary/aromatic N) is 1. The quantitative estimate of drug-likeness (QED) is 0.262. The molecule has 0 aliphatic heterocycles. The number of anilines is 1. The molecule has 0 fully saturated rings. The van der Waals surface area contributed by atoms with Gasteiger partial charge in [-0.05, 0) is 48.4 Å². The summed E-state index contributed by atoms with van der Waals surface area (Å²) in [4.78, 5) is 25.4. The van der Waals surface area contributed by atoms with E-state index in [0.29, 0.717) is 16.1 Å². The van der Waals surface area contributed by atoms with Gasteiger partial charge in [0, 0.05) is 15.4 Å². The van der Waals surface area contributed by atoms with Crippen molar-refractivity contribution in [1.29, 1.82) is 5.26 Å². The zero-order chi connectivity index (χ0) is 22.4. The van der Waals surface area contributed by atoms with Crippen molar-refractivity contribution in [3.63, 3.8) is 0 Å². The molecule has 0 aliphatic carbocycles. The third kappa shape index (κ3) is 5.40. The maximum absolute atomic E-state index is 12.7. The minimum atomic E-state index is -0.648. The summed E-state index contributed by atoms with van der Waals surface area (Å²) in [6, 6.07) is 15.4. The summed E-state index contributed by atoms with van der Waals surface area (Å²) in [6.45, 7) is 1.89. The molecular weight excluding hydrogens is 480 g/mol. The molecule has 0 bridgehead atoms. The Bertz CT molecular complexity index is 1180. The second kappa shape index (κ2) is 10.1. The van der Waals surface area contributed by atoms with E-state index < -0.39 is 11.9 Å². The summed E-state index contributed by atoms with van der Waals surface area (Å²) in [5, 5.41) is 23.5. The Labute approximate surface area is 191 Å². The molecule has 2 aromatic carbocycles. The highest BCUT2D eigenvalue weighted by molar-refractivity contribution is 9.10. The molecule has 0 radical (unpaired) electrons. The Morgan fingerprint density at radius 3 is 2.48 bits per heavy atom. The SMILES string of the molecule is CCOC(=O)c1c(-c2ccc(Br)cc2)csc1NC(=O)C(C#N)=Cc1ccc(O)cc1. The smallest absolute Gasteiger partial charge is 0.341 e. The molecule has 0 saturated heterocycles. The normalized spacial score (nSPS) is 10.9. The highest BCUT2D eigenvalue weighted by atomic mass is 79.9. The van der Waals surface area contributed by atoms with Crippen LogP contribution in [0.3, 0.4) is 0 Å². The van der Waals surface area contributed by atoms with Crippen LogP contribution >= 0.6 is 27.3 Å². The number of hydrogen-bond donors (Lipinski definition) is 2. The molecule has 2 N–H and O–H groups in total. The summed E-state index contributed by atoms with van der Waals surface area (Å²) in [6.07, 6.45) is 1.40. The first kappa shape index (κ1) is 22.3. The van der Waals surface area contributed by atoms with Crippen LogP contribution < -0.4 is 5.32 Å². The van der Waals surface area contributed by atoms with E-state index in [1.165, 1.54) is 29.5 Å². The standard InChI is InChI=1S/C23H17BrN2O4S/c1-2-30-23(29)20-19(15-5-7-17(24)8-6-15)13-31-22(20)26-21(28)16(12-25)11-14-3-9-18(27)10-4-14/h3-11,13,27H,2H2,1H3,(H,26,28). The van der Waals surface area contributed by atoms with Gasteiger partial charge >= 0.3 is 5.97 Å². The fraction of sp³-hybridized carbons (Fsp3) is 0.0870. The van der Waals surface area contributed by atoms with Gasteiger partial charge in [0.05, 0.1) is 6.61 Å². The van der Waals surface area contributed by atoms with E-state index >= 15 is 0 Å². The van der Waals surface area contributed by atoms with Crippen LogP contribution in [0.1, 0.15) is 22.8 Å². The number of hydrogen-bond acceptors (Lipinski definition) is 6. The van der Waals surface area contributed by atoms with Crippen LogP contribution in [-0.2, 0) is 9.53 Å². The van der Waals surface area contributed by atoms with E-state index in [1.807, 2.05) is 30.3 Å². The van der Waals surface area contributed by atoms with E-state index in [-0.39, 0.29) is 23.5 Å². The largest absolute Gasteiger partial charge is 0.508 e. The van der Waals surface area contributed by atoms with Crippen molar-refractivity contribution < 1.29 is 19.4 Å². The van der Waals surface area contributed by atoms with Crippen LogP contribution in [0.25, 0.3) is 17.2 Å². The minimum absolute atomic E-state index is 0.0817. The molecule has 0 aliphatic rings. The first-order valence-corrected chi connectivity index (χ1v) is 10.9. The lowest BCUT2D eigenvalue weighted by molar-refractivity contribution is -0.112. The van der Waals surface area contributed by atoms with Crippen LogP contribution in [-0.4, -0.2) is 23.6 Å². The summed E-state index contributed by atoms with van der Waals surface area (Å²) in [5.41, 5.74) is 2.11. The molecule has 8 heteroatoms. The zero-order valence-electron chi connectivity index (χ0n) is 16.4. The first-order valence-electron chi connectivity index (χ1n) is 9.19. The van der Waals surface area contributed by atoms with Gasteiger partial charge in [-0.2, -0.15) is 5.26 Å². The average molecular weight is 497 g/mol. The number of esters is 1. The summed E-state index contributed by atoms with van der Waals surface area (Å²) >= 11 is 4.57. The number of phenolic OH excluding ortho intramolecular Hbond substituents is 1. The van der Waals surface area contributed by atoms with Gasteiger partial charge in [0.2, 0.25) is 0 Å². The Morgan fingerprint density at radius 2 is 1.87 bits per heavy atom. The predicted molar refractivity (Wildman–Crippen MR) is 124 cm³/mol. The van der Waals surface area contributed by atoms with Crippen molar-refractivity contribution in [2.45, 2.75) is 6.92 Å². The maximum Gasteiger partial charge on any atom is 0.341 e. The van der Waals surface area contributed by atoms with Crippen molar-refractivity contribution >= 4 is 50.2 Å². The van der Waals surface area contributed by atoms with Gasteiger partial charge in [0.25, 0.3) is 5.91 Å². The highest BCUT2D eigenvalue weighted by Gasteiger charge is 2.23. The second-order valence-corrected chi connectivity index (χ2v) is 8.09. The summed E-state index contributed by atoms with van der Waals surface area (Å²) in [5.74, 6) is -1.12. The molecule has 3 aromatic rings. The fourth-order valence-corrected chi connectivity index (χ4v) is 3.97. The molecule has 3 rings (SSSR count). The number of carbonyl (C=O) groups excluding carboxylic acids is 2. The molecular formula is C23H17BrN2O4S. The Morgan fingerprint density at radius 1 is 1.19 bits per heavy atom. The molecule has 6 nitrogen and oxygen atoms in total. The maximum atomic E-state index is 12.7. The minimum Gasteiger partial charge on any atom is -0.508 e. The van der Waals surface area contributed by atoms with Crippen LogP contribution in [0.4, 0.5) is 5.00 Å². The predicted octanol–water partition coefficient (Wildman–Crippen LogP) is 5.61. The number of rotatable bonds is 6. The first-order chi connectivity index (χ1) is 14.9. The van der Waals surface area contributed by atoms with Gasteiger partial charge in [-0.25, -0.2) is 4.79 Å². The Balaban J connectivity index is 1.95. The van der Waals surface area contributed by atoms with Crippen LogP contribution in [0.5, 0.6) is 5.75 Å². The third-order valence-electron chi connectivity index (χ3n) is 4.22. The van der Waals surface area contributed by atoms with Crippen LogP contribution in [0.2, 0.25) is 0 Å². The van der Waals surface area contributed by atoms with Gasteiger partial charge < -0.3 is 15.2 Å². The highest BCUT2D eigenvalue weighted by Crippen LogP contribution is 2.37. The number of thiophene rings is 1. The van der Waals surface area contributed by atoms with E-state index in [9.17, 15) is 20.0 Å². The fourth-order valence-electron chi connectivity index (χ4n) is 2.75. The van der Waals surface area contributed by atoms with Gasteiger partial charge in [-0.15, -0.1) is 11.3 Å². The van der Waals surface area contributed by atoms with E-state index in [2.05, 4.69) is 21.2 Å². The van der Waals surface area contributed by atoms with Crippen LogP contribution in [0.15, 0.2) is 64.0 Å². The van der Waals surface area contributed by atoms with E-state index in [4.69, 9.17) is 4.74 Å². The Hall–Kier alpha value is -3.41. The van der Waals surface area contributed by atoms with Gasteiger partial charge in [-0.3, -0.25) is 4.79 Å². The Kier molecular flexibility index (Phi) is 7.23. The molecule has 0 saturated carbocycles. The number of ether oxygens (including phenoxy) is 1. The lowest BCUT2D eigenvalue weighted by Crippen LogP contribution is -2.16. The topological polar surface area (TPSA) is 99.4 Å². The number of nitrogens with one attached hydrogen (secondary N) is 1. The molecule has 1 heterocycles. The number of amides is 1. The van der Waals surface area contributed by atoms with Crippen molar-refractivity contribution in [2.24, 2.45) is 0 Å². The lowest BCUT2D eigenvalue weighted by Gasteiger charge is -2.09. The van der Waals surface area contributed by atoms with Gasteiger partial charge in [0.1, 0.15) is 28.0 Å². The molecule has 0 atom stereocenters. The van der Waals surface area contributed by atoms with E-state index in [1.54, 1.807) is 24.4 Å². The number of phenols is 1. The number of nitriles is 1. The molecule has 1 amide bonds. The molecule has 0 unspecified atom stereocenters. The monoisotopic (exact) mass is 496 g/mol. The van der Waals surface area contributed by atoms with Crippen LogP contribution in [0, 0.1) is 11.3 Å². The van der Waals surface area contributed by atoms with E-state index in [0.717, 1.165) is 10.0 Å². The number of halogens is 1. The molecule has 1 aromatic heterocycles. The summed E-state index contributed by atoms with van der Waals surface area (Å²) < 4.78 is 6.09. The van der Waals surface area contributed by atoms with Gasteiger partial charge in [0.15, 0.2) is 0 Å². The summed E-state index contributed by atoms with van der Waals surface area (Å²) in [7, 11) is 0. The van der Waals surface area contributed by atoms with Crippen molar-refractivity contribution in [3.05, 3.63) is 75.1 Å². The number of aromatic hydroxyl groups is 1. The molecule has 0 spiro atoms. The third-order valence-corrected chi connectivity index (χ3v) is 5.65. The van der Waals surface area contributed by atoms with Gasteiger partial charge in [-0.1, -0.05) is 40.2 Å². The zero-order valence-corrected chi connectivity index (χ0v) is 18.8. The van der Waals surface area contributed by atoms with Crippen molar-refractivity contribution in [3.8, 4) is 22.9 Å². The number of benzene rings is 2. The second-order valence-electron chi connectivity index (χ2n) is 6.30.